The molecule has 5 heteroatoms. The summed E-state index contributed by atoms with van der Waals surface area (Å²) in [6, 6.07) is 3.12. The van der Waals surface area contributed by atoms with E-state index in [9.17, 15) is 9.18 Å². The normalized spacial score (nSPS) is 21.7. The van der Waals surface area contributed by atoms with E-state index in [4.69, 9.17) is 4.74 Å². The van der Waals surface area contributed by atoms with E-state index in [-0.39, 0.29) is 24.1 Å². The maximum atomic E-state index is 14.3. The number of fused-ring (bicyclic) bond motifs is 1. The number of ether oxygens (including phenoxy) is 1. The monoisotopic (exact) mass is 396 g/mol. The highest BCUT2D eigenvalue weighted by atomic mass is 19.1. The van der Waals surface area contributed by atoms with Gasteiger partial charge in [0, 0.05) is 36.2 Å². The number of allylic oxidation sites excluding steroid dienone is 3. The first kappa shape index (κ1) is 20.0. The van der Waals surface area contributed by atoms with Gasteiger partial charge in [0.05, 0.1) is 6.10 Å². The smallest absolute Gasteiger partial charge is 0.167 e. The van der Waals surface area contributed by atoms with Crippen LogP contribution in [-0.4, -0.2) is 42.1 Å². The molecule has 1 aromatic carbocycles. The third-order valence-electron chi connectivity index (χ3n) is 6.08. The number of rotatable bonds is 5. The highest BCUT2D eigenvalue weighted by molar-refractivity contribution is 6.26. The van der Waals surface area contributed by atoms with Gasteiger partial charge in [-0.05, 0) is 81.2 Å². The van der Waals surface area contributed by atoms with Gasteiger partial charge in [0.2, 0.25) is 0 Å². The van der Waals surface area contributed by atoms with Crippen LogP contribution in [0.5, 0.6) is 5.75 Å². The van der Waals surface area contributed by atoms with Crippen molar-refractivity contribution in [1.29, 1.82) is 0 Å². The molecule has 0 saturated carbocycles. The Morgan fingerprint density at radius 1 is 1.28 bits per heavy atom. The molecule has 2 aliphatic heterocycles. The second kappa shape index (κ2) is 8.23. The molecule has 0 spiro atoms. The topological polar surface area (TPSA) is 41.9 Å². The predicted molar refractivity (Wildman–Crippen MR) is 114 cm³/mol. The van der Waals surface area contributed by atoms with Crippen molar-refractivity contribution in [2.24, 2.45) is 10.9 Å². The number of aliphatic imine (C=N–C) groups is 1. The fourth-order valence-corrected chi connectivity index (χ4v) is 4.48. The summed E-state index contributed by atoms with van der Waals surface area (Å²) in [6.45, 7) is 9.31. The van der Waals surface area contributed by atoms with Gasteiger partial charge in [0.15, 0.2) is 17.3 Å². The zero-order chi connectivity index (χ0) is 20.5. The fraction of sp³-hybridized carbons (Fsp3) is 0.500. The van der Waals surface area contributed by atoms with Crippen molar-refractivity contribution in [2.75, 3.05) is 19.6 Å². The Balaban J connectivity index is 1.50. The van der Waals surface area contributed by atoms with Crippen molar-refractivity contribution in [3.63, 3.8) is 0 Å². The number of carbonyl (C=O) groups excluding carboxylic acids is 1. The number of ketones is 1. The first-order valence-electron chi connectivity index (χ1n) is 10.7. The number of hydrogen-bond acceptors (Lipinski definition) is 4. The average Bonchev–Trinajstić information content (AvgIpc) is 3.27. The van der Waals surface area contributed by atoms with Crippen LogP contribution in [-0.2, 0) is 11.2 Å². The van der Waals surface area contributed by atoms with Gasteiger partial charge in [-0.3, -0.25) is 9.79 Å². The number of likely N-dealkylation sites (tertiary alicyclic amines) is 1. The van der Waals surface area contributed by atoms with Gasteiger partial charge in [0.25, 0.3) is 0 Å². The minimum atomic E-state index is -0.407. The Bertz CT molecular complexity index is 906. The van der Waals surface area contributed by atoms with Crippen molar-refractivity contribution in [2.45, 2.75) is 52.6 Å². The number of carbonyl (C=O) groups is 1. The van der Waals surface area contributed by atoms with E-state index in [1.54, 1.807) is 6.07 Å². The SMILES string of the molecule is CCN1CCC(C2=NC=C(/C=C3\C(=O)Cc4cc(F)c(OC(C)C)cc43)C2)CC1. The van der Waals surface area contributed by atoms with E-state index in [1.165, 1.54) is 11.8 Å². The molecule has 1 fully saturated rings. The number of halogens is 1. The van der Waals surface area contributed by atoms with Crippen LogP contribution in [0.25, 0.3) is 5.57 Å². The number of hydrogen-bond donors (Lipinski definition) is 0. The summed E-state index contributed by atoms with van der Waals surface area (Å²) < 4.78 is 19.9. The van der Waals surface area contributed by atoms with Crippen molar-refractivity contribution in [1.82, 2.24) is 4.90 Å². The molecule has 0 bridgehead atoms. The summed E-state index contributed by atoms with van der Waals surface area (Å²) in [6.07, 6.45) is 7.08. The van der Waals surface area contributed by atoms with E-state index in [1.807, 2.05) is 26.1 Å². The quantitative estimate of drug-likeness (QED) is 0.684. The van der Waals surface area contributed by atoms with Crippen LogP contribution in [0.15, 0.2) is 35.0 Å². The van der Waals surface area contributed by atoms with Crippen LogP contribution in [0.1, 0.15) is 51.2 Å². The minimum absolute atomic E-state index is 0.0340. The van der Waals surface area contributed by atoms with Crippen LogP contribution in [0.2, 0.25) is 0 Å². The second-order valence-corrected chi connectivity index (χ2v) is 8.47. The highest BCUT2D eigenvalue weighted by Gasteiger charge is 2.29. The van der Waals surface area contributed by atoms with Gasteiger partial charge >= 0.3 is 0 Å². The van der Waals surface area contributed by atoms with E-state index >= 15 is 0 Å². The van der Waals surface area contributed by atoms with Gasteiger partial charge in [-0.25, -0.2) is 4.39 Å². The number of benzene rings is 1. The van der Waals surface area contributed by atoms with Crippen LogP contribution in [0.3, 0.4) is 0 Å². The van der Waals surface area contributed by atoms with Crippen molar-refractivity contribution < 1.29 is 13.9 Å². The molecule has 3 aliphatic rings. The van der Waals surface area contributed by atoms with Crippen LogP contribution >= 0.6 is 0 Å². The minimum Gasteiger partial charge on any atom is -0.488 e. The first-order valence-corrected chi connectivity index (χ1v) is 10.7. The lowest BCUT2D eigenvalue weighted by Crippen LogP contribution is -2.35. The Kier molecular flexibility index (Phi) is 5.68. The molecule has 0 amide bonds. The predicted octanol–water partition coefficient (Wildman–Crippen LogP) is 4.58. The second-order valence-electron chi connectivity index (χ2n) is 8.47. The summed E-state index contributed by atoms with van der Waals surface area (Å²) in [5.74, 6) is 0.373. The summed E-state index contributed by atoms with van der Waals surface area (Å²) in [5.41, 5.74) is 4.47. The third kappa shape index (κ3) is 4.20. The van der Waals surface area contributed by atoms with E-state index < -0.39 is 5.82 Å². The molecule has 0 N–H and O–H groups in total. The van der Waals surface area contributed by atoms with Gasteiger partial charge in [-0.2, -0.15) is 0 Å². The zero-order valence-corrected chi connectivity index (χ0v) is 17.5. The lowest BCUT2D eigenvalue weighted by Gasteiger charge is -2.31. The largest absolute Gasteiger partial charge is 0.488 e. The molecule has 4 rings (SSSR count). The molecule has 0 atom stereocenters. The first-order chi connectivity index (χ1) is 13.9. The van der Waals surface area contributed by atoms with Gasteiger partial charge in [-0.15, -0.1) is 0 Å². The molecule has 1 saturated heterocycles. The molecule has 0 radical (unpaired) electrons. The Morgan fingerprint density at radius 3 is 2.72 bits per heavy atom. The lowest BCUT2D eigenvalue weighted by molar-refractivity contribution is -0.112. The molecular weight excluding hydrogens is 367 g/mol. The summed E-state index contributed by atoms with van der Waals surface area (Å²) in [5, 5.41) is 0. The van der Waals surface area contributed by atoms with E-state index in [0.717, 1.165) is 55.6 Å². The Labute approximate surface area is 172 Å². The summed E-state index contributed by atoms with van der Waals surface area (Å²) in [7, 11) is 0. The number of Topliss-reactive ketones (excluding diaryl/α,β-unsaturated/α-hetero) is 1. The highest BCUT2D eigenvalue weighted by Crippen LogP contribution is 2.36. The molecule has 0 unspecified atom stereocenters. The lowest BCUT2D eigenvalue weighted by atomic mass is 9.89. The van der Waals surface area contributed by atoms with Crippen molar-refractivity contribution >= 4 is 17.1 Å². The average molecular weight is 397 g/mol. The molecular formula is C24H29FN2O2. The van der Waals surface area contributed by atoms with E-state index in [2.05, 4.69) is 16.8 Å². The zero-order valence-electron chi connectivity index (χ0n) is 17.5. The maximum absolute atomic E-state index is 14.3. The van der Waals surface area contributed by atoms with E-state index in [0.29, 0.717) is 11.5 Å². The molecule has 29 heavy (non-hydrogen) atoms. The third-order valence-corrected chi connectivity index (χ3v) is 6.08. The summed E-state index contributed by atoms with van der Waals surface area (Å²) in [4.78, 5) is 19.8. The van der Waals surface area contributed by atoms with Crippen LogP contribution < -0.4 is 4.74 Å². The molecule has 1 aliphatic carbocycles. The van der Waals surface area contributed by atoms with Crippen LogP contribution in [0, 0.1) is 11.7 Å². The number of nitrogens with zero attached hydrogens (tertiary/aromatic N) is 2. The summed E-state index contributed by atoms with van der Waals surface area (Å²) >= 11 is 0. The molecule has 1 aromatic rings. The maximum Gasteiger partial charge on any atom is 0.167 e. The number of piperidine rings is 1. The Hall–Kier alpha value is -2.27. The van der Waals surface area contributed by atoms with Gasteiger partial charge in [-0.1, -0.05) is 6.92 Å². The van der Waals surface area contributed by atoms with Gasteiger partial charge in [0.1, 0.15) is 0 Å². The molecule has 2 heterocycles. The van der Waals surface area contributed by atoms with Crippen molar-refractivity contribution in [3.05, 3.63) is 46.9 Å². The van der Waals surface area contributed by atoms with Gasteiger partial charge < -0.3 is 9.64 Å². The van der Waals surface area contributed by atoms with Crippen LogP contribution in [0.4, 0.5) is 4.39 Å². The van der Waals surface area contributed by atoms with Crippen molar-refractivity contribution in [3.8, 4) is 5.75 Å². The fourth-order valence-electron chi connectivity index (χ4n) is 4.48. The Morgan fingerprint density at radius 2 is 2.03 bits per heavy atom. The molecule has 4 nitrogen and oxygen atoms in total. The molecule has 154 valence electrons. The molecule has 0 aromatic heterocycles. The standard InChI is InChI=1S/C24H29FN2O2/c1-4-27-7-5-17(6-8-27)22-10-16(14-26-22)9-20-19-13-24(29-15(2)3)21(25)11-18(19)12-23(20)28/h9,11,13-15,17H,4-8,10,12H2,1-3H3/b20-9-.